The summed E-state index contributed by atoms with van der Waals surface area (Å²) in [5.74, 6) is -0.161. The molecule has 0 unspecified atom stereocenters. The number of hydrogen-bond donors (Lipinski definition) is 2. The fourth-order valence-electron chi connectivity index (χ4n) is 2.47. The van der Waals surface area contributed by atoms with Gasteiger partial charge in [0, 0.05) is 17.8 Å². The molecule has 0 spiro atoms. The van der Waals surface area contributed by atoms with E-state index in [9.17, 15) is 9.59 Å². The van der Waals surface area contributed by atoms with Gasteiger partial charge in [-0.3, -0.25) is 14.6 Å². The fourth-order valence-corrected chi connectivity index (χ4v) is 2.47. The molecule has 1 amide bonds. The second-order valence-electron chi connectivity index (χ2n) is 5.30. The summed E-state index contributed by atoms with van der Waals surface area (Å²) >= 11 is 0. The highest BCUT2D eigenvalue weighted by Crippen LogP contribution is 2.14. The Morgan fingerprint density at radius 1 is 1.22 bits per heavy atom. The number of carbonyl (C=O) groups is 1. The summed E-state index contributed by atoms with van der Waals surface area (Å²) in [7, 11) is 0. The molecule has 2 heterocycles. The van der Waals surface area contributed by atoms with Crippen molar-refractivity contribution in [3.8, 4) is 0 Å². The first-order valence-corrected chi connectivity index (χ1v) is 7.31. The van der Waals surface area contributed by atoms with Crippen molar-refractivity contribution in [1.82, 2.24) is 20.5 Å². The third-order valence-corrected chi connectivity index (χ3v) is 3.66. The molecule has 0 aliphatic rings. The minimum absolute atomic E-state index is 0.0991. The van der Waals surface area contributed by atoms with Gasteiger partial charge in [0.15, 0.2) is 0 Å². The first-order valence-electron chi connectivity index (χ1n) is 7.31. The Morgan fingerprint density at radius 2 is 2.00 bits per heavy atom. The summed E-state index contributed by atoms with van der Waals surface area (Å²) in [4.78, 5) is 28.1. The van der Waals surface area contributed by atoms with Gasteiger partial charge < -0.3 is 5.32 Å². The normalized spacial score (nSPS) is 12.0. The van der Waals surface area contributed by atoms with Crippen molar-refractivity contribution in [1.29, 1.82) is 0 Å². The number of aromatic amines is 1. The van der Waals surface area contributed by atoms with Crippen LogP contribution in [0.15, 0.2) is 53.6 Å². The molecule has 3 aromatic rings. The first kappa shape index (κ1) is 14.9. The van der Waals surface area contributed by atoms with E-state index < -0.39 is 0 Å². The van der Waals surface area contributed by atoms with Crippen molar-refractivity contribution >= 4 is 16.7 Å². The average molecular weight is 308 g/mol. The maximum Gasteiger partial charge on any atom is 0.272 e. The smallest absolute Gasteiger partial charge is 0.272 e. The molecule has 0 radical (unpaired) electrons. The Labute approximate surface area is 132 Å². The lowest BCUT2D eigenvalue weighted by Crippen LogP contribution is -2.29. The molecular weight excluding hydrogens is 292 g/mol. The number of aromatic nitrogens is 3. The van der Waals surface area contributed by atoms with Crippen molar-refractivity contribution in [2.24, 2.45) is 0 Å². The molecule has 3 rings (SSSR count). The number of nitrogens with one attached hydrogen (secondary N) is 2. The molecule has 2 aromatic heterocycles. The van der Waals surface area contributed by atoms with Gasteiger partial charge in [-0.25, -0.2) is 5.10 Å². The minimum atomic E-state index is -0.256. The minimum Gasteiger partial charge on any atom is -0.349 e. The van der Waals surface area contributed by atoms with E-state index in [0.717, 1.165) is 5.56 Å². The van der Waals surface area contributed by atoms with Crippen LogP contribution in [0.4, 0.5) is 0 Å². The van der Waals surface area contributed by atoms with Crippen LogP contribution in [0.2, 0.25) is 0 Å². The summed E-state index contributed by atoms with van der Waals surface area (Å²) in [6, 6.07) is 10.7. The first-order chi connectivity index (χ1) is 11.1. The largest absolute Gasteiger partial charge is 0.349 e. The highest BCUT2D eigenvalue weighted by molar-refractivity contribution is 5.88. The Morgan fingerprint density at radius 3 is 2.74 bits per heavy atom. The Bertz CT molecular complexity index is 890. The molecular formula is C17H16N4O2. The van der Waals surface area contributed by atoms with Gasteiger partial charge in [0.1, 0.15) is 0 Å². The van der Waals surface area contributed by atoms with E-state index in [1.54, 1.807) is 30.6 Å². The number of fused-ring (bicyclic) bond motifs is 1. The van der Waals surface area contributed by atoms with Crippen LogP contribution in [0.25, 0.3) is 10.8 Å². The van der Waals surface area contributed by atoms with Crippen LogP contribution in [0, 0.1) is 0 Å². The molecule has 0 saturated carbocycles. The number of nitrogens with zero attached hydrogens (tertiary/aromatic N) is 2. The number of pyridine rings is 1. The van der Waals surface area contributed by atoms with Crippen LogP contribution in [-0.4, -0.2) is 21.1 Å². The monoisotopic (exact) mass is 308 g/mol. The zero-order chi connectivity index (χ0) is 16.2. The molecule has 0 aliphatic carbocycles. The van der Waals surface area contributed by atoms with Gasteiger partial charge in [0.05, 0.1) is 23.5 Å². The molecule has 1 aromatic carbocycles. The van der Waals surface area contributed by atoms with E-state index in [1.807, 2.05) is 25.1 Å². The number of hydrogen-bond acceptors (Lipinski definition) is 4. The average Bonchev–Trinajstić information content (AvgIpc) is 2.58. The highest BCUT2D eigenvalue weighted by atomic mass is 16.1. The standard InChI is InChI=1S/C17H16N4O2/c1-11(12-5-4-8-18-10-12)19-16(22)9-15-13-6-2-3-7-14(13)17(23)21-20-15/h2-8,10-11H,9H2,1H3,(H,19,22)(H,21,23)/t11-/m0/s1. The lowest BCUT2D eigenvalue weighted by molar-refractivity contribution is -0.121. The highest BCUT2D eigenvalue weighted by Gasteiger charge is 2.13. The molecule has 6 heteroatoms. The van der Waals surface area contributed by atoms with Crippen LogP contribution >= 0.6 is 0 Å². The molecule has 6 nitrogen and oxygen atoms in total. The third kappa shape index (κ3) is 3.26. The second-order valence-corrected chi connectivity index (χ2v) is 5.30. The number of amides is 1. The van der Waals surface area contributed by atoms with Gasteiger partial charge in [-0.15, -0.1) is 0 Å². The number of benzene rings is 1. The van der Waals surface area contributed by atoms with E-state index in [4.69, 9.17) is 0 Å². The van der Waals surface area contributed by atoms with E-state index >= 15 is 0 Å². The predicted molar refractivity (Wildman–Crippen MR) is 86.9 cm³/mol. The lowest BCUT2D eigenvalue weighted by atomic mass is 10.1. The van der Waals surface area contributed by atoms with Crippen LogP contribution < -0.4 is 10.9 Å². The molecule has 0 fully saturated rings. The van der Waals surface area contributed by atoms with Gasteiger partial charge in [-0.05, 0) is 24.6 Å². The predicted octanol–water partition coefficient (Wildman–Crippen LogP) is 1.74. The van der Waals surface area contributed by atoms with E-state index in [2.05, 4.69) is 20.5 Å². The van der Waals surface area contributed by atoms with Crippen molar-refractivity contribution in [2.45, 2.75) is 19.4 Å². The molecule has 0 saturated heterocycles. The van der Waals surface area contributed by atoms with E-state index in [1.165, 1.54) is 0 Å². The zero-order valence-corrected chi connectivity index (χ0v) is 12.6. The molecule has 1 atom stereocenters. The van der Waals surface area contributed by atoms with Crippen molar-refractivity contribution in [3.63, 3.8) is 0 Å². The van der Waals surface area contributed by atoms with Gasteiger partial charge in [0.2, 0.25) is 5.91 Å². The number of rotatable bonds is 4. The summed E-state index contributed by atoms with van der Waals surface area (Å²) in [6.07, 6.45) is 3.51. The van der Waals surface area contributed by atoms with Crippen molar-refractivity contribution in [3.05, 3.63) is 70.4 Å². The Kier molecular flexibility index (Phi) is 4.14. The quantitative estimate of drug-likeness (QED) is 0.768. The van der Waals surface area contributed by atoms with Gasteiger partial charge >= 0.3 is 0 Å². The van der Waals surface area contributed by atoms with Crippen LogP contribution in [0.3, 0.4) is 0 Å². The second kappa shape index (κ2) is 6.39. The van der Waals surface area contributed by atoms with E-state index in [-0.39, 0.29) is 23.9 Å². The molecule has 0 bridgehead atoms. The zero-order valence-electron chi connectivity index (χ0n) is 12.6. The maximum absolute atomic E-state index is 12.3. The molecule has 0 aliphatic heterocycles. The van der Waals surface area contributed by atoms with E-state index in [0.29, 0.717) is 16.5 Å². The Hall–Kier alpha value is -3.02. The summed E-state index contributed by atoms with van der Waals surface area (Å²) in [5.41, 5.74) is 1.23. The number of H-pyrrole nitrogens is 1. The van der Waals surface area contributed by atoms with Gasteiger partial charge in [0.25, 0.3) is 5.56 Å². The SMILES string of the molecule is C[C@H](NC(=O)Cc1n[nH]c(=O)c2ccccc12)c1cccnc1. The fraction of sp³-hybridized carbons (Fsp3) is 0.176. The van der Waals surface area contributed by atoms with Crippen LogP contribution in [0.1, 0.15) is 24.2 Å². The lowest BCUT2D eigenvalue weighted by Gasteiger charge is -2.14. The van der Waals surface area contributed by atoms with Crippen LogP contribution in [0.5, 0.6) is 0 Å². The third-order valence-electron chi connectivity index (χ3n) is 3.66. The van der Waals surface area contributed by atoms with Crippen molar-refractivity contribution < 1.29 is 4.79 Å². The molecule has 116 valence electrons. The summed E-state index contributed by atoms with van der Waals surface area (Å²) in [5, 5.41) is 10.6. The topological polar surface area (TPSA) is 87.7 Å². The summed E-state index contributed by atoms with van der Waals surface area (Å²) < 4.78 is 0. The maximum atomic E-state index is 12.3. The van der Waals surface area contributed by atoms with Crippen molar-refractivity contribution in [2.75, 3.05) is 0 Å². The van der Waals surface area contributed by atoms with Gasteiger partial charge in [-0.2, -0.15) is 5.10 Å². The molecule has 23 heavy (non-hydrogen) atoms. The summed E-state index contributed by atoms with van der Waals surface area (Å²) in [6.45, 7) is 1.90. The number of carbonyl (C=O) groups excluding carboxylic acids is 1. The van der Waals surface area contributed by atoms with Crippen LogP contribution in [-0.2, 0) is 11.2 Å². The molecule has 2 N–H and O–H groups in total. The van der Waals surface area contributed by atoms with Gasteiger partial charge in [-0.1, -0.05) is 24.3 Å². The Balaban J connectivity index is 1.79.